The van der Waals surface area contributed by atoms with Crippen molar-refractivity contribution in [3.63, 3.8) is 0 Å². The molecule has 1 N–H and O–H groups in total. The molecule has 0 radical (unpaired) electrons. The van der Waals surface area contributed by atoms with Crippen LogP contribution in [0.5, 0.6) is 0 Å². The first-order valence-corrected chi connectivity index (χ1v) is 6.82. The summed E-state index contributed by atoms with van der Waals surface area (Å²) in [5.74, 6) is -0.296. The smallest absolute Gasteiger partial charge is 0.339 e. The van der Waals surface area contributed by atoms with Gasteiger partial charge in [0.25, 0.3) is 0 Å². The SMILES string of the molecule is CCc1ccc(C(=O)OC)c2c1Cc1ccccc1N2. The van der Waals surface area contributed by atoms with E-state index in [1.807, 2.05) is 30.3 Å². The van der Waals surface area contributed by atoms with Gasteiger partial charge in [0.1, 0.15) is 0 Å². The van der Waals surface area contributed by atoms with Crippen LogP contribution in [0.15, 0.2) is 36.4 Å². The molecule has 0 fully saturated rings. The van der Waals surface area contributed by atoms with Crippen LogP contribution in [0.1, 0.15) is 34.0 Å². The molecule has 3 heteroatoms. The van der Waals surface area contributed by atoms with Crippen molar-refractivity contribution in [1.82, 2.24) is 0 Å². The molecule has 0 saturated heterocycles. The van der Waals surface area contributed by atoms with E-state index >= 15 is 0 Å². The first-order chi connectivity index (χ1) is 9.74. The molecule has 2 aromatic rings. The van der Waals surface area contributed by atoms with Crippen molar-refractivity contribution in [3.8, 4) is 0 Å². The van der Waals surface area contributed by atoms with Crippen molar-refractivity contribution >= 4 is 17.3 Å². The quantitative estimate of drug-likeness (QED) is 0.720. The van der Waals surface area contributed by atoms with E-state index in [9.17, 15) is 4.79 Å². The van der Waals surface area contributed by atoms with Gasteiger partial charge in [0, 0.05) is 12.1 Å². The lowest BCUT2D eigenvalue weighted by Crippen LogP contribution is -2.14. The topological polar surface area (TPSA) is 38.3 Å². The van der Waals surface area contributed by atoms with Crippen LogP contribution in [0.2, 0.25) is 0 Å². The van der Waals surface area contributed by atoms with E-state index in [0.29, 0.717) is 5.56 Å². The molecule has 0 aliphatic carbocycles. The van der Waals surface area contributed by atoms with Gasteiger partial charge in [-0.05, 0) is 35.2 Å². The van der Waals surface area contributed by atoms with E-state index in [2.05, 4.69) is 18.3 Å². The first kappa shape index (κ1) is 12.7. The van der Waals surface area contributed by atoms with Gasteiger partial charge in [0.15, 0.2) is 0 Å². The summed E-state index contributed by atoms with van der Waals surface area (Å²) >= 11 is 0. The standard InChI is InChI=1S/C17H17NO2/c1-3-11-8-9-13(17(19)20-2)16-14(11)10-12-6-4-5-7-15(12)18-16/h4-9,18H,3,10H2,1-2H3. The molecule has 0 atom stereocenters. The Labute approximate surface area is 118 Å². The number of carbonyl (C=O) groups is 1. The average molecular weight is 267 g/mol. The van der Waals surface area contributed by atoms with Crippen LogP contribution in [0, 0.1) is 0 Å². The number of rotatable bonds is 2. The molecule has 3 rings (SSSR count). The lowest BCUT2D eigenvalue weighted by Gasteiger charge is -2.25. The largest absolute Gasteiger partial charge is 0.465 e. The van der Waals surface area contributed by atoms with E-state index in [1.54, 1.807) is 0 Å². The number of anilines is 2. The van der Waals surface area contributed by atoms with Crippen molar-refractivity contribution in [2.24, 2.45) is 0 Å². The summed E-state index contributed by atoms with van der Waals surface area (Å²) < 4.78 is 4.88. The number of methoxy groups -OCH3 is 1. The second-order valence-electron chi connectivity index (χ2n) is 4.93. The molecule has 0 spiro atoms. The monoisotopic (exact) mass is 267 g/mol. The van der Waals surface area contributed by atoms with E-state index < -0.39 is 0 Å². The fourth-order valence-electron chi connectivity index (χ4n) is 2.77. The molecule has 0 bridgehead atoms. The fraction of sp³-hybridized carbons (Fsp3) is 0.235. The minimum atomic E-state index is -0.296. The van der Waals surface area contributed by atoms with Gasteiger partial charge >= 0.3 is 5.97 Å². The van der Waals surface area contributed by atoms with Crippen LogP contribution < -0.4 is 5.32 Å². The molecule has 1 aliphatic heterocycles. The van der Waals surface area contributed by atoms with Crippen molar-refractivity contribution in [1.29, 1.82) is 0 Å². The van der Waals surface area contributed by atoms with E-state index in [0.717, 1.165) is 24.2 Å². The number of aryl methyl sites for hydroxylation is 1. The molecule has 0 aromatic heterocycles. The molecule has 20 heavy (non-hydrogen) atoms. The number of benzene rings is 2. The number of para-hydroxylation sites is 1. The Morgan fingerprint density at radius 1 is 1.25 bits per heavy atom. The van der Waals surface area contributed by atoms with Crippen LogP contribution in [-0.4, -0.2) is 13.1 Å². The summed E-state index contributed by atoms with van der Waals surface area (Å²) in [5.41, 5.74) is 6.31. The Balaban J connectivity index is 2.16. The van der Waals surface area contributed by atoms with Crippen molar-refractivity contribution in [3.05, 3.63) is 58.7 Å². The maximum atomic E-state index is 11.9. The van der Waals surface area contributed by atoms with Gasteiger partial charge in [-0.3, -0.25) is 0 Å². The highest BCUT2D eigenvalue weighted by Crippen LogP contribution is 2.37. The number of hydrogen-bond acceptors (Lipinski definition) is 3. The average Bonchev–Trinajstić information content (AvgIpc) is 2.51. The maximum Gasteiger partial charge on any atom is 0.339 e. The zero-order valence-corrected chi connectivity index (χ0v) is 11.7. The number of fused-ring (bicyclic) bond motifs is 2. The summed E-state index contributed by atoms with van der Waals surface area (Å²) in [5, 5.41) is 3.40. The molecule has 1 heterocycles. The number of hydrogen-bond donors (Lipinski definition) is 1. The summed E-state index contributed by atoms with van der Waals surface area (Å²) in [7, 11) is 1.42. The van der Waals surface area contributed by atoms with Crippen LogP contribution in [0.25, 0.3) is 0 Å². The Hall–Kier alpha value is -2.29. The summed E-state index contributed by atoms with van der Waals surface area (Å²) in [6.45, 7) is 2.13. The highest BCUT2D eigenvalue weighted by molar-refractivity contribution is 5.98. The van der Waals surface area contributed by atoms with Crippen LogP contribution in [0.3, 0.4) is 0 Å². The molecule has 3 nitrogen and oxygen atoms in total. The lowest BCUT2D eigenvalue weighted by molar-refractivity contribution is 0.0602. The Kier molecular flexibility index (Phi) is 3.18. The predicted molar refractivity (Wildman–Crippen MR) is 79.7 cm³/mol. The van der Waals surface area contributed by atoms with Gasteiger partial charge in [0.2, 0.25) is 0 Å². The first-order valence-electron chi connectivity index (χ1n) is 6.82. The molecule has 0 amide bonds. The minimum Gasteiger partial charge on any atom is -0.465 e. The summed E-state index contributed by atoms with van der Waals surface area (Å²) in [4.78, 5) is 11.9. The Morgan fingerprint density at radius 2 is 2.05 bits per heavy atom. The highest BCUT2D eigenvalue weighted by atomic mass is 16.5. The minimum absolute atomic E-state index is 0.296. The summed E-state index contributed by atoms with van der Waals surface area (Å²) in [6.07, 6.45) is 1.81. The van der Waals surface area contributed by atoms with Crippen LogP contribution >= 0.6 is 0 Å². The zero-order chi connectivity index (χ0) is 14.1. The summed E-state index contributed by atoms with van der Waals surface area (Å²) in [6, 6.07) is 12.1. The number of carbonyl (C=O) groups excluding carboxylic acids is 1. The Morgan fingerprint density at radius 3 is 2.80 bits per heavy atom. The normalized spacial score (nSPS) is 12.1. The van der Waals surface area contributed by atoms with Crippen LogP contribution in [0.4, 0.5) is 11.4 Å². The Bertz CT molecular complexity index is 677. The molecular formula is C17H17NO2. The zero-order valence-electron chi connectivity index (χ0n) is 11.7. The molecule has 0 unspecified atom stereocenters. The highest BCUT2D eigenvalue weighted by Gasteiger charge is 2.23. The number of nitrogens with one attached hydrogen (secondary N) is 1. The van der Waals surface area contributed by atoms with Crippen molar-refractivity contribution in [2.75, 3.05) is 12.4 Å². The van der Waals surface area contributed by atoms with Gasteiger partial charge in [-0.2, -0.15) is 0 Å². The van der Waals surface area contributed by atoms with Crippen molar-refractivity contribution < 1.29 is 9.53 Å². The van der Waals surface area contributed by atoms with Gasteiger partial charge in [-0.15, -0.1) is 0 Å². The van der Waals surface area contributed by atoms with Gasteiger partial charge in [-0.1, -0.05) is 31.2 Å². The third-order valence-electron chi connectivity index (χ3n) is 3.84. The van der Waals surface area contributed by atoms with Gasteiger partial charge in [-0.25, -0.2) is 4.79 Å². The van der Waals surface area contributed by atoms with Crippen LogP contribution in [-0.2, 0) is 17.6 Å². The predicted octanol–water partition coefficient (Wildman–Crippen LogP) is 3.68. The molecule has 1 aliphatic rings. The second-order valence-corrected chi connectivity index (χ2v) is 4.93. The number of esters is 1. The lowest BCUT2D eigenvalue weighted by atomic mass is 9.90. The van der Waals surface area contributed by atoms with E-state index in [-0.39, 0.29) is 5.97 Å². The van der Waals surface area contributed by atoms with E-state index in [1.165, 1.54) is 23.8 Å². The fourth-order valence-corrected chi connectivity index (χ4v) is 2.77. The second kappa shape index (κ2) is 5.00. The third-order valence-corrected chi connectivity index (χ3v) is 3.84. The molecule has 2 aromatic carbocycles. The number of ether oxygens (including phenoxy) is 1. The molecule has 0 saturated carbocycles. The van der Waals surface area contributed by atoms with Crippen molar-refractivity contribution in [2.45, 2.75) is 19.8 Å². The van der Waals surface area contributed by atoms with Gasteiger partial charge < -0.3 is 10.1 Å². The molecular weight excluding hydrogens is 250 g/mol. The maximum absolute atomic E-state index is 11.9. The third kappa shape index (κ3) is 1.95. The van der Waals surface area contributed by atoms with E-state index in [4.69, 9.17) is 4.74 Å². The molecule has 102 valence electrons. The van der Waals surface area contributed by atoms with Gasteiger partial charge in [0.05, 0.1) is 18.4 Å².